The number of phenols is 1. The van der Waals surface area contributed by atoms with Crippen LogP contribution in [-0.4, -0.2) is 98.9 Å². The lowest BCUT2D eigenvalue weighted by Crippen LogP contribution is -2.54. The number of carboxylic acids is 1. The lowest BCUT2D eigenvalue weighted by atomic mass is 10.0. The summed E-state index contributed by atoms with van der Waals surface area (Å²) in [6.07, 6.45) is 0.504. The molecule has 262 valence electrons. The monoisotopic (exact) mass is 689 g/mol. The van der Waals surface area contributed by atoms with Gasteiger partial charge in [0.2, 0.25) is 23.6 Å². The molecule has 0 saturated heterocycles. The van der Waals surface area contributed by atoms with Crippen molar-refractivity contribution in [1.29, 1.82) is 0 Å². The van der Waals surface area contributed by atoms with E-state index in [9.17, 15) is 43.2 Å². The minimum absolute atomic E-state index is 0.0132. The van der Waals surface area contributed by atoms with Gasteiger partial charge in [-0.3, -0.25) is 23.4 Å². The van der Waals surface area contributed by atoms with Crippen molar-refractivity contribution in [3.8, 4) is 5.75 Å². The van der Waals surface area contributed by atoms with Crippen LogP contribution in [-0.2, 0) is 52.4 Å². The molecule has 1 unspecified atom stereocenters. The third kappa shape index (κ3) is 15.5. The second-order valence-corrected chi connectivity index (χ2v) is 13.4. The summed E-state index contributed by atoms with van der Waals surface area (Å²) in [6.45, 7) is 3.84. The topological polar surface area (TPSA) is 229 Å². The van der Waals surface area contributed by atoms with E-state index in [2.05, 4.69) is 26.6 Å². The molecule has 0 aliphatic rings. The average molecular weight is 690 g/mol. The third-order valence-electron chi connectivity index (χ3n) is 6.50. The minimum Gasteiger partial charge on any atom is -0.508 e. The van der Waals surface area contributed by atoms with Crippen LogP contribution >= 0.6 is 0 Å². The molecule has 0 aliphatic carbocycles. The number of carbonyl (C=O) groups excluding carboxylic acids is 5. The standard InChI is InChI=1S/C32H43N5O10S/c1-32(2,3)47-31(45)37-24(17-21-10-12-22(38)13-11-21)28(41)34-18-26(39)33-19-27(40)35-25(16-20-8-6-5-7-9-20)29(42)36-23(30(43)44)14-15-48(4)46/h5-13,23-25,38H,14-19H2,1-4H3,(H,33,39)(H,34,41)(H,35,40)(H,36,42)(H,37,45)(H,43,44)/t23-,24-,25-,48?/m0/s1. The molecule has 0 spiro atoms. The molecule has 48 heavy (non-hydrogen) atoms. The fourth-order valence-corrected chi connectivity index (χ4v) is 4.74. The van der Waals surface area contributed by atoms with Crippen LogP contribution in [0.1, 0.15) is 38.3 Å². The number of aliphatic carboxylic acids is 1. The highest BCUT2D eigenvalue weighted by atomic mass is 32.2. The van der Waals surface area contributed by atoms with Gasteiger partial charge in [-0.25, -0.2) is 9.59 Å². The van der Waals surface area contributed by atoms with E-state index in [1.165, 1.54) is 18.4 Å². The quantitative estimate of drug-likeness (QED) is 0.119. The molecular formula is C32H43N5O10S. The first-order valence-corrected chi connectivity index (χ1v) is 16.7. The molecule has 0 radical (unpaired) electrons. The van der Waals surface area contributed by atoms with Gasteiger partial charge in [-0.2, -0.15) is 0 Å². The smallest absolute Gasteiger partial charge is 0.408 e. The molecule has 2 aromatic carbocycles. The second-order valence-electron chi connectivity index (χ2n) is 11.8. The van der Waals surface area contributed by atoms with Crippen LogP contribution in [0.15, 0.2) is 54.6 Å². The van der Waals surface area contributed by atoms with Gasteiger partial charge in [0.05, 0.1) is 13.1 Å². The third-order valence-corrected chi connectivity index (χ3v) is 7.31. The van der Waals surface area contributed by atoms with Gasteiger partial charge < -0.3 is 41.5 Å². The molecule has 0 heterocycles. The Kier molecular flexibility index (Phi) is 15.5. The summed E-state index contributed by atoms with van der Waals surface area (Å²) in [4.78, 5) is 75.4. The van der Waals surface area contributed by atoms with Crippen LogP contribution in [0.5, 0.6) is 5.75 Å². The number of rotatable bonds is 17. The zero-order chi connectivity index (χ0) is 35.9. The number of hydrogen-bond donors (Lipinski definition) is 7. The Hall–Kier alpha value is -4.99. The van der Waals surface area contributed by atoms with E-state index in [1.807, 2.05) is 0 Å². The molecule has 0 fully saturated rings. The zero-order valence-electron chi connectivity index (χ0n) is 27.2. The molecule has 7 N–H and O–H groups in total. The normalized spacial score (nSPS) is 13.5. The Labute approximate surface area is 281 Å². The maximum Gasteiger partial charge on any atom is 0.408 e. The van der Waals surface area contributed by atoms with Gasteiger partial charge in [0.1, 0.15) is 29.5 Å². The Balaban J connectivity index is 2.00. The Morgan fingerprint density at radius 2 is 1.31 bits per heavy atom. The van der Waals surface area contributed by atoms with Gasteiger partial charge >= 0.3 is 12.1 Å². The van der Waals surface area contributed by atoms with Crippen molar-refractivity contribution in [2.24, 2.45) is 0 Å². The predicted octanol–water partition coefficient (Wildman–Crippen LogP) is 0.126. The maximum absolute atomic E-state index is 13.1. The van der Waals surface area contributed by atoms with E-state index in [4.69, 9.17) is 4.74 Å². The van der Waals surface area contributed by atoms with Crippen molar-refractivity contribution in [3.63, 3.8) is 0 Å². The number of amides is 5. The number of alkyl carbamates (subject to hydrolysis) is 1. The Morgan fingerprint density at radius 3 is 1.88 bits per heavy atom. The first-order chi connectivity index (χ1) is 22.5. The van der Waals surface area contributed by atoms with Crippen LogP contribution in [0.3, 0.4) is 0 Å². The number of aromatic hydroxyl groups is 1. The summed E-state index contributed by atoms with van der Waals surface area (Å²) >= 11 is 0. The highest BCUT2D eigenvalue weighted by Gasteiger charge is 2.28. The first-order valence-electron chi connectivity index (χ1n) is 15.0. The van der Waals surface area contributed by atoms with Crippen molar-refractivity contribution < 1.29 is 47.9 Å². The molecule has 5 amide bonds. The lowest BCUT2D eigenvalue weighted by Gasteiger charge is -2.23. The number of nitrogens with one attached hydrogen (secondary N) is 5. The highest BCUT2D eigenvalue weighted by Crippen LogP contribution is 2.13. The number of benzene rings is 2. The summed E-state index contributed by atoms with van der Waals surface area (Å²) in [7, 11) is -1.28. The summed E-state index contributed by atoms with van der Waals surface area (Å²) in [5.74, 6) is -4.26. The Bertz CT molecular complexity index is 1450. The fraction of sp³-hybridized carbons (Fsp3) is 0.438. The predicted molar refractivity (Wildman–Crippen MR) is 176 cm³/mol. The van der Waals surface area contributed by atoms with Crippen LogP contribution in [0.4, 0.5) is 4.79 Å². The van der Waals surface area contributed by atoms with Gasteiger partial charge in [0.25, 0.3) is 0 Å². The van der Waals surface area contributed by atoms with Gasteiger partial charge in [-0.15, -0.1) is 0 Å². The molecule has 0 bridgehead atoms. The first kappa shape index (κ1) is 39.2. The van der Waals surface area contributed by atoms with Gasteiger partial charge in [0, 0.05) is 35.6 Å². The SMILES string of the molecule is CS(=O)CC[C@H](NC(=O)[C@H](Cc1ccccc1)NC(=O)CNC(=O)CNC(=O)[C@H](Cc1ccc(O)cc1)NC(=O)OC(C)(C)C)C(=O)O. The second kappa shape index (κ2) is 19.0. The van der Waals surface area contributed by atoms with Crippen molar-refractivity contribution in [3.05, 3.63) is 65.7 Å². The molecule has 0 aromatic heterocycles. The van der Waals surface area contributed by atoms with E-state index < -0.39 is 83.3 Å². The number of hydrogen-bond acceptors (Lipinski definition) is 9. The van der Waals surface area contributed by atoms with Crippen LogP contribution in [0, 0.1) is 0 Å². The van der Waals surface area contributed by atoms with Crippen molar-refractivity contribution in [1.82, 2.24) is 26.6 Å². The van der Waals surface area contributed by atoms with Crippen LogP contribution in [0.2, 0.25) is 0 Å². The molecule has 0 saturated carbocycles. The maximum atomic E-state index is 13.1. The molecule has 2 aromatic rings. The molecular weight excluding hydrogens is 646 g/mol. The minimum atomic E-state index is -1.33. The Morgan fingerprint density at radius 1 is 0.750 bits per heavy atom. The number of phenolic OH excluding ortho intramolecular Hbond substituents is 1. The van der Waals surface area contributed by atoms with Crippen LogP contribution in [0.25, 0.3) is 0 Å². The summed E-state index contributed by atoms with van der Waals surface area (Å²) in [6, 6.07) is 11.0. The lowest BCUT2D eigenvalue weighted by molar-refractivity contribution is -0.142. The summed E-state index contributed by atoms with van der Waals surface area (Å²) < 4.78 is 16.7. The molecule has 15 nitrogen and oxygen atoms in total. The number of carbonyl (C=O) groups is 6. The zero-order valence-corrected chi connectivity index (χ0v) is 28.1. The molecule has 0 aliphatic heterocycles. The van der Waals surface area contributed by atoms with E-state index in [-0.39, 0.29) is 30.8 Å². The average Bonchev–Trinajstić information content (AvgIpc) is 3.00. The van der Waals surface area contributed by atoms with E-state index >= 15 is 0 Å². The van der Waals surface area contributed by atoms with E-state index in [0.29, 0.717) is 11.1 Å². The van der Waals surface area contributed by atoms with Gasteiger partial charge in [0.15, 0.2) is 0 Å². The fourth-order valence-electron chi connectivity index (χ4n) is 4.18. The van der Waals surface area contributed by atoms with E-state index in [0.717, 1.165) is 0 Å². The van der Waals surface area contributed by atoms with Gasteiger partial charge in [-0.1, -0.05) is 42.5 Å². The van der Waals surface area contributed by atoms with Crippen molar-refractivity contribution in [2.45, 2.75) is 63.8 Å². The molecule has 16 heteroatoms. The molecule has 2 rings (SSSR count). The van der Waals surface area contributed by atoms with Crippen molar-refractivity contribution in [2.75, 3.05) is 25.1 Å². The molecule has 4 atom stereocenters. The highest BCUT2D eigenvalue weighted by molar-refractivity contribution is 7.84. The largest absolute Gasteiger partial charge is 0.508 e. The van der Waals surface area contributed by atoms with Gasteiger partial charge in [-0.05, 0) is 50.5 Å². The number of ether oxygens (including phenoxy) is 1. The van der Waals surface area contributed by atoms with Crippen molar-refractivity contribution >= 4 is 46.5 Å². The van der Waals surface area contributed by atoms with E-state index in [1.54, 1.807) is 63.2 Å². The summed E-state index contributed by atoms with van der Waals surface area (Å²) in [5.41, 5.74) is 0.446. The van der Waals surface area contributed by atoms with Crippen LogP contribution < -0.4 is 26.6 Å². The number of carboxylic acid groups (broad SMARTS) is 1. The summed E-state index contributed by atoms with van der Waals surface area (Å²) in [5, 5.41) is 31.2.